The lowest BCUT2D eigenvalue weighted by molar-refractivity contribution is -0.134. The van der Waals surface area contributed by atoms with Crippen molar-refractivity contribution in [3.63, 3.8) is 0 Å². The van der Waals surface area contributed by atoms with E-state index in [1.54, 1.807) is 14.1 Å². The monoisotopic (exact) mass is 505 g/mol. The van der Waals surface area contributed by atoms with E-state index < -0.39 is 18.0 Å². The van der Waals surface area contributed by atoms with Crippen LogP contribution in [0.25, 0.3) is 0 Å². The fraction of sp³-hybridized carbons (Fsp3) is 0.793. The van der Waals surface area contributed by atoms with Crippen LogP contribution in [0.15, 0.2) is 12.2 Å². The number of unbranched alkanes of at least 4 members (excludes halogenated alkanes) is 4. The van der Waals surface area contributed by atoms with Crippen molar-refractivity contribution in [1.29, 1.82) is 0 Å². The van der Waals surface area contributed by atoms with Gasteiger partial charge in [-0.2, -0.15) is 0 Å². The number of hydrogen-bond donors (Lipinski definition) is 2. The second-order valence-electron chi connectivity index (χ2n) is 11.0. The van der Waals surface area contributed by atoms with Crippen LogP contribution >= 0.6 is 0 Å². The molecule has 2 unspecified atom stereocenters. The van der Waals surface area contributed by atoms with Crippen molar-refractivity contribution < 1.29 is 19.2 Å². The number of nitrogens with zero attached hydrogens (tertiary/aromatic N) is 1. The summed E-state index contributed by atoms with van der Waals surface area (Å²) >= 11 is 0. The summed E-state index contributed by atoms with van der Waals surface area (Å²) in [7, 11) is 3.40. The van der Waals surface area contributed by atoms with Crippen molar-refractivity contribution in [3.8, 4) is 0 Å². The maximum atomic E-state index is 13.3. The predicted molar refractivity (Wildman–Crippen MR) is 145 cm³/mol. The summed E-state index contributed by atoms with van der Waals surface area (Å²) in [6.45, 7) is 6.22. The molecule has 2 N–H and O–H groups in total. The number of carbonyl (C=O) groups excluding carboxylic acids is 4. The second kappa shape index (κ2) is 18.1. The van der Waals surface area contributed by atoms with Gasteiger partial charge in [0, 0.05) is 25.9 Å². The van der Waals surface area contributed by atoms with Crippen molar-refractivity contribution in [2.45, 2.75) is 116 Å². The van der Waals surface area contributed by atoms with Gasteiger partial charge in [0.15, 0.2) is 0 Å². The Kier molecular flexibility index (Phi) is 16.0. The molecule has 0 saturated heterocycles. The molecule has 206 valence electrons. The van der Waals surface area contributed by atoms with Crippen molar-refractivity contribution in [3.05, 3.63) is 12.2 Å². The lowest BCUT2D eigenvalue weighted by Crippen LogP contribution is -2.52. The molecule has 1 aliphatic rings. The molecule has 36 heavy (non-hydrogen) atoms. The van der Waals surface area contributed by atoms with E-state index in [-0.39, 0.29) is 36.0 Å². The fourth-order valence-electron chi connectivity index (χ4n) is 4.83. The summed E-state index contributed by atoms with van der Waals surface area (Å²) in [6, 6.07) is -1.48. The molecule has 0 aromatic carbocycles. The molecule has 7 heteroatoms. The van der Waals surface area contributed by atoms with Gasteiger partial charge in [-0.15, -0.1) is 0 Å². The van der Waals surface area contributed by atoms with Crippen LogP contribution in [-0.2, 0) is 19.2 Å². The third-order valence-electron chi connectivity index (χ3n) is 6.95. The first-order valence-electron chi connectivity index (χ1n) is 14.1. The SMILES string of the molecule is CCCCCCCC1CCCC/C=C\CC(C(=O)N(C)C)C[C@@H](C=O)NC(=O)[C@H](CC(C)C)NC1=O. The van der Waals surface area contributed by atoms with Crippen molar-refractivity contribution in [2.24, 2.45) is 17.8 Å². The molecule has 0 spiro atoms. The van der Waals surface area contributed by atoms with Gasteiger partial charge in [0.05, 0.1) is 6.04 Å². The van der Waals surface area contributed by atoms with Gasteiger partial charge >= 0.3 is 0 Å². The molecule has 4 atom stereocenters. The molecule has 0 aromatic rings. The Balaban J connectivity index is 3.07. The van der Waals surface area contributed by atoms with Crippen LogP contribution < -0.4 is 10.6 Å². The number of aldehydes is 1. The quantitative estimate of drug-likeness (QED) is 0.253. The Morgan fingerprint density at radius 2 is 1.78 bits per heavy atom. The minimum absolute atomic E-state index is 0.0581. The third-order valence-corrected chi connectivity index (χ3v) is 6.95. The van der Waals surface area contributed by atoms with E-state index in [9.17, 15) is 19.2 Å². The molecule has 1 aliphatic heterocycles. The normalized spacial score (nSPS) is 25.6. The Hall–Kier alpha value is -2.18. The zero-order valence-corrected chi connectivity index (χ0v) is 23.4. The number of hydrogen-bond acceptors (Lipinski definition) is 4. The van der Waals surface area contributed by atoms with Gasteiger partial charge in [-0.25, -0.2) is 0 Å². The molecule has 0 fully saturated rings. The van der Waals surface area contributed by atoms with Crippen LogP contribution in [0.3, 0.4) is 0 Å². The molecule has 0 aliphatic carbocycles. The van der Waals surface area contributed by atoms with E-state index in [1.807, 2.05) is 19.9 Å². The van der Waals surface area contributed by atoms with E-state index in [0.717, 1.165) is 44.9 Å². The fourth-order valence-corrected chi connectivity index (χ4v) is 4.83. The summed E-state index contributed by atoms with van der Waals surface area (Å²) in [5.74, 6) is -0.769. The van der Waals surface area contributed by atoms with Crippen LogP contribution in [0.1, 0.15) is 104 Å². The Morgan fingerprint density at radius 1 is 1.06 bits per heavy atom. The summed E-state index contributed by atoms with van der Waals surface area (Å²) < 4.78 is 0. The van der Waals surface area contributed by atoms with Gasteiger partial charge in [0.2, 0.25) is 17.7 Å². The number of allylic oxidation sites excluding steroid dienone is 2. The highest BCUT2D eigenvalue weighted by atomic mass is 16.2. The van der Waals surface area contributed by atoms with Gasteiger partial charge in [0.1, 0.15) is 12.3 Å². The largest absolute Gasteiger partial charge is 0.349 e. The van der Waals surface area contributed by atoms with Gasteiger partial charge in [-0.1, -0.05) is 71.4 Å². The van der Waals surface area contributed by atoms with E-state index >= 15 is 0 Å². The Bertz CT molecular complexity index is 705. The minimum Gasteiger partial charge on any atom is -0.349 e. The topological polar surface area (TPSA) is 95.6 Å². The molecule has 1 heterocycles. The van der Waals surface area contributed by atoms with Gasteiger partial charge in [-0.3, -0.25) is 14.4 Å². The van der Waals surface area contributed by atoms with Gasteiger partial charge in [0.25, 0.3) is 0 Å². The molecule has 7 nitrogen and oxygen atoms in total. The molecule has 0 saturated carbocycles. The highest BCUT2D eigenvalue weighted by Gasteiger charge is 2.29. The molecule has 0 bridgehead atoms. The first kappa shape index (κ1) is 31.8. The number of nitrogens with one attached hydrogen (secondary N) is 2. The third kappa shape index (κ3) is 12.7. The predicted octanol–water partition coefficient (Wildman–Crippen LogP) is 4.79. The number of carbonyl (C=O) groups is 4. The maximum absolute atomic E-state index is 13.3. The van der Waals surface area contributed by atoms with Crippen LogP contribution in [0.4, 0.5) is 0 Å². The van der Waals surface area contributed by atoms with E-state index in [4.69, 9.17) is 0 Å². The lowest BCUT2D eigenvalue weighted by Gasteiger charge is -2.27. The molecule has 0 radical (unpaired) electrons. The van der Waals surface area contributed by atoms with Crippen molar-refractivity contribution in [2.75, 3.05) is 14.1 Å². The van der Waals surface area contributed by atoms with Crippen LogP contribution in [0.2, 0.25) is 0 Å². The van der Waals surface area contributed by atoms with Crippen molar-refractivity contribution >= 4 is 24.0 Å². The highest BCUT2D eigenvalue weighted by Crippen LogP contribution is 2.21. The second-order valence-corrected chi connectivity index (χ2v) is 11.0. The molecule has 0 aromatic heterocycles. The van der Waals surface area contributed by atoms with Crippen molar-refractivity contribution in [1.82, 2.24) is 15.5 Å². The standard InChI is InChI=1S/C29H51N3O4/c1-6-7-8-10-13-16-23-17-14-11-9-12-15-18-24(29(36)32(4)5)20-25(21-33)30-28(35)26(19-22(2)3)31-27(23)34/h12,15,21-26H,6-11,13-14,16-20H2,1-5H3,(H,30,35)(H,31,34)/b15-12-/t23?,24?,25-,26-/m0/s1. The van der Waals surface area contributed by atoms with Gasteiger partial charge in [-0.05, 0) is 50.9 Å². The molecule has 3 amide bonds. The summed E-state index contributed by atoms with van der Waals surface area (Å²) in [6.07, 6.45) is 16.3. The molecule has 1 rings (SSSR count). The van der Waals surface area contributed by atoms with E-state index in [0.29, 0.717) is 19.1 Å². The van der Waals surface area contributed by atoms with Crippen LogP contribution in [0, 0.1) is 17.8 Å². The summed E-state index contributed by atoms with van der Waals surface area (Å²) in [5, 5.41) is 5.84. The number of amides is 3. The Labute approximate surface area is 219 Å². The Morgan fingerprint density at radius 3 is 2.42 bits per heavy atom. The summed E-state index contributed by atoms with van der Waals surface area (Å²) in [4.78, 5) is 52.7. The molecular formula is C29H51N3O4. The van der Waals surface area contributed by atoms with E-state index in [1.165, 1.54) is 24.2 Å². The zero-order valence-electron chi connectivity index (χ0n) is 23.4. The summed E-state index contributed by atoms with van der Waals surface area (Å²) in [5.41, 5.74) is 0. The number of rotatable bonds is 10. The van der Waals surface area contributed by atoms with E-state index in [2.05, 4.69) is 23.6 Å². The van der Waals surface area contributed by atoms with Crippen LogP contribution in [-0.4, -0.2) is 55.1 Å². The first-order valence-corrected chi connectivity index (χ1v) is 14.1. The zero-order chi connectivity index (χ0) is 26.9. The lowest BCUT2D eigenvalue weighted by atomic mass is 9.92. The smallest absolute Gasteiger partial charge is 0.243 e. The average Bonchev–Trinajstić information content (AvgIpc) is 2.83. The average molecular weight is 506 g/mol. The first-order chi connectivity index (χ1) is 17.2. The highest BCUT2D eigenvalue weighted by molar-refractivity contribution is 5.90. The van der Waals surface area contributed by atoms with Gasteiger partial charge < -0.3 is 20.3 Å². The minimum atomic E-state index is -0.784. The molecular weight excluding hydrogens is 454 g/mol. The maximum Gasteiger partial charge on any atom is 0.243 e. The van der Waals surface area contributed by atoms with Crippen LogP contribution in [0.5, 0.6) is 0 Å².